The summed E-state index contributed by atoms with van der Waals surface area (Å²) in [5.74, 6) is 3.17. The van der Waals surface area contributed by atoms with Crippen molar-refractivity contribution < 1.29 is 0 Å². The highest BCUT2D eigenvalue weighted by molar-refractivity contribution is 5.00. The molecule has 2 saturated heterocycles. The van der Waals surface area contributed by atoms with Crippen LogP contribution in [0.3, 0.4) is 0 Å². The first-order chi connectivity index (χ1) is 5.84. The monoisotopic (exact) mass is 165 g/mol. The van der Waals surface area contributed by atoms with E-state index in [9.17, 15) is 0 Å². The van der Waals surface area contributed by atoms with E-state index in [2.05, 4.69) is 11.8 Å². The molecule has 0 radical (unpaired) electrons. The van der Waals surface area contributed by atoms with Crippen LogP contribution in [-0.4, -0.2) is 24.0 Å². The summed E-state index contributed by atoms with van der Waals surface area (Å²) >= 11 is 0. The first kappa shape index (κ1) is 7.37. The predicted molar refractivity (Wildman–Crippen MR) is 50.0 cm³/mol. The van der Waals surface area contributed by atoms with Crippen molar-refractivity contribution in [3.8, 4) is 0 Å². The summed E-state index contributed by atoms with van der Waals surface area (Å²) in [6.07, 6.45) is 6.08. The lowest BCUT2D eigenvalue weighted by Gasteiger charge is -2.30. The minimum Gasteiger partial charge on any atom is -0.300 e. The Bertz CT molecular complexity index is 167. The van der Waals surface area contributed by atoms with E-state index < -0.39 is 0 Å². The van der Waals surface area contributed by atoms with Crippen LogP contribution in [0.25, 0.3) is 0 Å². The van der Waals surface area contributed by atoms with Gasteiger partial charge in [0.1, 0.15) is 0 Å². The zero-order valence-corrected chi connectivity index (χ0v) is 8.00. The van der Waals surface area contributed by atoms with Gasteiger partial charge in [0.25, 0.3) is 0 Å². The van der Waals surface area contributed by atoms with Crippen LogP contribution >= 0.6 is 0 Å². The quantitative estimate of drug-likeness (QED) is 0.531. The molecule has 3 fully saturated rings. The SMILES string of the molecule is CC1CC2CN(C1)C1CCCC21. The predicted octanol–water partition coefficient (Wildman–Crippen LogP) is 2.13. The molecule has 0 amide bonds. The molecule has 2 aliphatic heterocycles. The number of nitrogens with zero attached hydrogens (tertiary/aromatic N) is 1. The average molecular weight is 165 g/mol. The van der Waals surface area contributed by atoms with Crippen LogP contribution < -0.4 is 0 Å². The van der Waals surface area contributed by atoms with Gasteiger partial charge in [0, 0.05) is 19.1 Å². The lowest BCUT2D eigenvalue weighted by Crippen LogP contribution is -2.36. The average Bonchev–Trinajstić information content (AvgIpc) is 2.56. The molecule has 3 rings (SSSR count). The third-order valence-electron chi connectivity index (χ3n) is 4.33. The maximum atomic E-state index is 2.79. The molecule has 1 saturated carbocycles. The number of rotatable bonds is 0. The number of fused-ring (bicyclic) bond motifs is 5. The molecular weight excluding hydrogens is 146 g/mol. The number of hydrogen-bond donors (Lipinski definition) is 0. The molecular formula is C11H19N. The second kappa shape index (κ2) is 2.47. The van der Waals surface area contributed by atoms with Crippen molar-refractivity contribution in [2.45, 2.75) is 38.6 Å². The fourth-order valence-electron chi connectivity index (χ4n) is 4.00. The van der Waals surface area contributed by atoms with Crippen LogP contribution in [0, 0.1) is 17.8 Å². The van der Waals surface area contributed by atoms with Gasteiger partial charge in [-0.15, -0.1) is 0 Å². The molecule has 0 spiro atoms. The maximum Gasteiger partial charge on any atom is 0.0127 e. The van der Waals surface area contributed by atoms with Crippen molar-refractivity contribution >= 4 is 0 Å². The van der Waals surface area contributed by atoms with Gasteiger partial charge in [-0.2, -0.15) is 0 Å². The summed E-state index contributed by atoms with van der Waals surface area (Å²) in [5, 5.41) is 0. The zero-order chi connectivity index (χ0) is 8.13. The smallest absolute Gasteiger partial charge is 0.0127 e. The Hall–Kier alpha value is -0.0400. The molecule has 1 aliphatic carbocycles. The van der Waals surface area contributed by atoms with E-state index in [1.807, 2.05) is 0 Å². The minimum absolute atomic E-state index is 0.981. The van der Waals surface area contributed by atoms with Crippen molar-refractivity contribution in [1.82, 2.24) is 4.90 Å². The Kier molecular flexibility index (Phi) is 1.52. The van der Waals surface area contributed by atoms with E-state index in [0.29, 0.717) is 0 Å². The molecule has 5 unspecified atom stereocenters. The van der Waals surface area contributed by atoms with Crippen LogP contribution in [0.15, 0.2) is 0 Å². The van der Waals surface area contributed by atoms with E-state index in [-0.39, 0.29) is 0 Å². The van der Waals surface area contributed by atoms with Gasteiger partial charge in [0.15, 0.2) is 0 Å². The lowest BCUT2D eigenvalue weighted by atomic mass is 9.85. The molecule has 12 heavy (non-hydrogen) atoms. The van der Waals surface area contributed by atoms with Crippen molar-refractivity contribution in [2.24, 2.45) is 17.8 Å². The zero-order valence-electron chi connectivity index (χ0n) is 8.00. The van der Waals surface area contributed by atoms with E-state index in [0.717, 1.165) is 23.8 Å². The minimum atomic E-state index is 0.981. The first-order valence-electron chi connectivity index (χ1n) is 5.58. The molecule has 1 heteroatoms. The molecule has 3 aliphatic rings. The summed E-state index contributed by atoms with van der Waals surface area (Å²) in [6, 6.07) is 1.01. The molecule has 0 N–H and O–H groups in total. The maximum absolute atomic E-state index is 2.79. The highest BCUT2D eigenvalue weighted by Crippen LogP contribution is 2.46. The highest BCUT2D eigenvalue weighted by atomic mass is 15.2. The molecule has 2 heterocycles. The van der Waals surface area contributed by atoms with Gasteiger partial charge in [0.05, 0.1) is 0 Å². The molecule has 68 valence electrons. The summed E-state index contributed by atoms with van der Waals surface area (Å²) in [7, 11) is 0. The summed E-state index contributed by atoms with van der Waals surface area (Å²) in [5.41, 5.74) is 0. The Balaban J connectivity index is 1.86. The van der Waals surface area contributed by atoms with Crippen LogP contribution in [0.5, 0.6) is 0 Å². The van der Waals surface area contributed by atoms with Gasteiger partial charge >= 0.3 is 0 Å². The van der Waals surface area contributed by atoms with Gasteiger partial charge in [-0.3, -0.25) is 4.90 Å². The number of piperidine rings is 1. The molecule has 1 nitrogen and oxygen atoms in total. The summed E-state index contributed by atoms with van der Waals surface area (Å²) in [6.45, 7) is 5.28. The van der Waals surface area contributed by atoms with E-state index >= 15 is 0 Å². The van der Waals surface area contributed by atoms with Crippen LogP contribution in [0.4, 0.5) is 0 Å². The van der Waals surface area contributed by atoms with E-state index in [4.69, 9.17) is 0 Å². The third-order valence-corrected chi connectivity index (χ3v) is 4.33. The topological polar surface area (TPSA) is 3.24 Å². The second-order valence-corrected chi connectivity index (χ2v) is 5.22. The van der Waals surface area contributed by atoms with Gasteiger partial charge in [-0.05, 0) is 37.0 Å². The Morgan fingerprint density at radius 3 is 3.00 bits per heavy atom. The third kappa shape index (κ3) is 0.891. The Labute approximate surface area is 75.1 Å². The summed E-state index contributed by atoms with van der Waals surface area (Å²) in [4.78, 5) is 2.79. The molecule has 0 aromatic heterocycles. The second-order valence-electron chi connectivity index (χ2n) is 5.22. The largest absolute Gasteiger partial charge is 0.300 e. The first-order valence-corrected chi connectivity index (χ1v) is 5.58. The van der Waals surface area contributed by atoms with Gasteiger partial charge < -0.3 is 0 Å². The van der Waals surface area contributed by atoms with Crippen LogP contribution in [0.1, 0.15) is 32.6 Å². The van der Waals surface area contributed by atoms with E-state index in [1.54, 1.807) is 6.42 Å². The Morgan fingerprint density at radius 2 is 2.08 bits per heavy atom. The van der Waals surface area contributed by atoms with Crippen LogP contribution in [0.2, 0.25) is 0 Å². The van der Waals surface area contributed by atoms with Gasteiger partial charge in [0.2, 0.25) is 0 Å². The van der Waals surface area contributed by atoms with E-state index in [1.165, 1.54) is 32.4 Å². The van der Waals surface area contributed by atoms with Crippen molar-refractivity contribution in [3.63, 3.8) is 0 Å². The lowest BCUT2D eigenvalue weighted by molar-refractivity contribution is 0.175. The fourth-order valence-corrected chi connectivity index (χ4v) is 4.00. The molecule has 5 atom stereocenters. The van der Waals surface area contributed by atoms with Gasteiger partial charge in [-0.25, -0.2) is 0 Å². The molecule has 2 bridgehead atoms. The van der Waals surface area contributed by atoms with Crippen molar-refractivity contribution in [1.29, 1.82) is 0 Å². The molecule has 0 aromatic rings. The number of hydrogen-bond acceptors (Lipinski definition) is 1. The fraction of sp³-hybridized carbons (Fsp3) is 1.00. The van der Waals surface area contributed by atoms with Crippen molar-refractivity contribution in [3.05, 3.63) is 0 Å². The summed E-state index contributed by atoms with van der Waals surface area (Å²) < 4.78 is 0. The molecule has 0 aromatic carbocycles. The normalized spacial score (nSPS) is 57.2. The highest BCUT2D eigenvalue weighted by Gasteiger charge is 2.47. The Morgan fingerprint density at radius 1 is 1.17 bits per heavy atom. The van der Waals surface area contributed by atoms with Crippen molar-refractivity contribution in [2.75, 3.05) is 13.1 Å². The van der Waals surface area contributed by atoms with Gasteiger partial charge in [-0.1, -0.05) is 13.3 Å². The standard InChI is InChI=1S/C11H19N/c1-8-5-9-7-12(6-8)11-4-2-3-10(9)11/h8-11H,2-7H2,1H3. The van der Waals surface area contributed by atoms with Crippen LogP contribution in [-0.2, 0) is 0 Å².